The van der Waals surface area contributed by atoms with Crippen LogP contribution >= 0.6 is 0 Å². The number of nitrogens with zero attached hydrogens (tertiary/aromatic N) is 3. The molecule has 7 nitrogen and oxygen atoms in total. The summed E-state index contributed by atoms with van der Waals surface area (Å²) in [6.07, 6.45) is 0. The highest BCUT2D eigenvalue weighted by Crippen LogP contribution is 2.26. The minimum atomic E-state index is -0.429. The first-order valence-electron chi connectivity index (χ1n) is 6.52. The maximum atomic E-state index is 12.1. The summed E-state index contributed by atoms with van der Waals surface area (Å²) in [4.78, 5) is 26.1. The number of para-hydroxylation sites is 2. The molecule has 1 saturated heterocycles. The van der Waals surface area contributed by atoms with Crippen molar-refractivity contribution in [2.45, 2.75) is 0 Å². The van der Waals surface area contributed by atoms with Crippen molar-refractivity contribution in [2.75, 3.05) is 44.7 Å². The summed E-state index contributed by atoms with van der Waals surface area (Å²) in [6.45, 7) is 3.10. The SMILES string of the molecule is CN(CC(=O)N1CCNCC1)c1ccccc1[N+](=O)[O-]. The van der Waals surface area contributed by atoms with Gasteiger partial charge in [-0.15, -0.1) is 0 Å². The molecule has 20 heavy (non-hydrogen) atoms. The van der Waals surface area contributed by atoms with Crippen LogP contribution in [-0.2, 0) is 4.79 Å². The molecule has 0 spiro atoms. The highest BCUT2D eigenvalue weighted by Gasteiger charge is 2.21. The second kappa shape index (κ2) is 6.33. The molecule has 1 aromatic rings. The van der Waals surface area contributed by atoms with E-state index in [2.05, 4.69) is 5.32 Å². The molecule has 7 heteroatoms. The van der Waals surface area contributed by atoms with Crippen molar-refractivity contribution in [3.05, 3.63) is 34.4 Å². The maximum Gasteiger partial charge on any atom is 0.292 e. The van der Waals surface area contributed by atoms with Crippen LogP contribution in [0.3, 0.4) is 0 Å². The fourth-order valence-corrected chi connectivity index (χ4v) is 2.24. The summed E-state index contributed by atoms with van der Waals surface area (Å²) in [5.74, 6) is -0.00727. The van der Waals surface area contributed by atoms with Crippen molar-refractivity contribution >= 4 is 17.3 Å². The van der Waals surface area contributed by atoms with Gasteiger partial charge in [-0.3, -0.25) is 14.9 Å². The first-order valence-corrected chi connectivity index (χ1v) is 6.52. The lowest BCUT2D eigenvalue weighted by molar-refractivity contribution is -0.384. The van der Waals surface area contributed by atoms with Crippen molar-refractivity contribution in [3.63, 3.8) is 0 Å². The number of likely N-dealkylation sites (N-methyl/N-ethyl adjacent to an activating group) is 1. The van der Waals surface area contributed by atoms with Crippen molar-refractivity contribution in [1.29, 1.82) is 0 Å². The zero-order valence-corrected chi connectivity index (χ0v) is 11.4. The third-order valence-corrected chi connectivity index (χ3v) is 3.33. The van der Waals surface area contributed by atoms with E-state index >= 15 is 0 Å². The molecule has 1 aromatic carbocycles. The number of hydrogen-bond donors (Lipinski definition) is 1. The summed E-state index contributed by atoms with van der Waals surface area (Å²) < 4.78 is 0. The number of piperazine rings is 1. The van der Waals surface area contributed by atoms with E-state index in [-0.39, 0.29) is 18.1 Å². The summed E-state index contributed by atoms with van der Waals surface area (Å²) in [5.41, 5.74) is 0.476. The number of nitrogens with one attached hydrogen (secondary N) is 1. The van der Waals surface area contributed by atoms with Crippen LogP contribution in [0.1, 0.15) is 0 Å². The average Bonchev–Trinajstić information content (AvgIpc) is 2.48. The molecule has 0 saturated carbocycles. The van der Waals surface area contributed by atoms with Gasteiger partial charge in [0.1, 0.15) is 5.69 Å². The number of hydrogen-bond acceptors (Lipinski definition) is 5. The normalized spacial score (nSPS) is 14.9. The second-order valence-electron chi connectivity index (χ2n) is 4.73. The standard InChI is InChI=1S/C13H18N4O3/c1-15(10-13(18)16-8-6-14-7-9-16)11-4-2-3-5-12(11)17(19)20/h2-5,14H,6-10H2,1H3. The van der Waals surface area contributed by atoms with Gasteiger partial charge in [-0.1, -0.05) is 12.1 Å². The lowest BCUT2D eigenvalue weighted by Crippen LogP contribution is -2.49. The van der Waals surface area contributed by atoms with E-state index in [0.29, 0.717) is 18.8 Å². The molecular formula is C13H18N4O3. The molecule has 0 unspecified atom stereocenters. The first kappa shape index (κ1) is 14.3. The van der Waals surface area contributed by atoms with Crippen LogP contribution in [0, 0.1) is 10.1 Å². The van der Waals surface area contributed by atoms with Gasteiger partial charge < -0.3 is 15.1 Å². The number of carbonyl (C=O) groups is 1. The van der Waals surface area contributed by atoms with Crippen LogP contribution in [-0.4, -0.2) is 55.5 Å². The van der Waals surface area contributed by atoms with Gasteiger partial charge in [-0.05, 0) is 6.07 Å². The zero-order valence-electron chi connectivity index (χ0n) is 11.4. The van der Waals surface area contributed by atoms with Gasteiger partial charge >= 0.3 is 0 Å². The van der Waals surface area contributed by atoms with Crippen molar-refractivity contribution in [1.82, 2.24) is 10.2 Å². The van der Waals surface area contributed by atoms with Crippen LogP contribution in [0.4, 0.5) is 11.4 Å². The molecule has 0 atom stereocenters. The summed E-state index contributed by atoms with van der Waals surface area (Å²) in [7, 11) is 1.70. The van der Waals surface area contributed by atoms with Gasteiger partial charge in [0.25, 0.3) is 5.69 Å². The highest BCUT2D eigenvalue weighted by atomic mass is 16.6. The quantitative estimate of drug-likeness (QED) is 0.639. The molecule has 0 radical (unpaired) electrons. The fraction of sp³-hybridized carbons (Fsp3) is 0.462. The monoisotopic (exact) mass is 278 g/mol. The van der Waals surface area contributed by atoms with Crippen LogP contribution in [0.5, 0.6) is 0 Å². The topological polar surface area (TPSA) is 78.7 Å². The number of amides is 1. The number of anilines is 1. The maximum absolute atomic E-state index is 12.1. The Bertz CT molecular complexity index is 500. The lowest BCUT2D eigenvalue weighted by Gasteiger charge is -2.29. The first-order chi connectivity index (χ1) is 9.59. The van der Waals surface area contributed by atoms with Crippen molar-refractivity contribution in [3.8, 4) is 0 Å². The molecule has 1 fully saturated rings. The predicted octanol–water partition coefficient (Wildman–Crippen LogP) is 0.463. The Balaban J connectivity index is 2.06. The summed E-state index contributed by atoms with van der Waals surface area (Å²) in [6, 6.07) is 6.45. The molecule has 1 heterocycles. The van der Waals surface area contributed by atoms with E-state index in [1.807, 2.05) is 0 Å². The fourth-order valence-electron chi connectivity index (χ4n) is 2.24. The Morgan fingerprint density at radius 3 is 2.70 bits per heavy atom. The van der Waals surface area contributed by atoms with Gasteiger partial charge in [-0.2, -0.15) is 0 Å². The molecule has 0 aliphatic carbocycles. The third kappa shape index (κ3) is 3.24. The van der Waals surface area contributed by atoms with Gasteiger partial charge in [0.05, 0.1) is 11.5 Å². The zero-order chi connectivity index (χ0) is 14.5. The Labute approximate surface area is 117 Å². The Morgan fingerprint density at radius 2 is 2.05 bits per heavy atom. The van der Waals surface area contributed by atoms with Gasteiger partial charge in [0, 0.05) is 39.3 Å². The molecule has 2 rings (SSSR count). The van der Waals surface area contributed by atoms with Gasteiger partial charge in [-0.25, -0.2) is 0 Å². The second-order valence-corrected chi connectivity index (χ2v) is 4.73. The van der Waals surface area contributed by atoms with Crippen molar-refractivity contribution in [2.24, 2.45) is 0 Å². The molecule has 1 N–H and O–H groups in total. The van der Waals surface area contributed by atoms with E-state index in [9.17, 15) is 14.9 Å². The number of nitro groups is 1. The van der Waals surface area contributed by atoms with E-state index in [1.54, 1.807) is 35.0 Å². The third-order valence-electron chi connectivity index (χ3n) is 3.33. The van der Waals surface area contributed by atoms with Gasteiger partial charge in [0.2, 0.25) is 5.91 Å². The molecular weight excluding hydrogens is 260 g/mol. The summed E-state index contributed by atoms with van der Waals surface area (Å²) >= 11 is 0. The predicted molar refractivity (Wildman–Crippen MR) is 75.8 cm³/mol. The Hall–Kier alpha value is -2.15. The smallest absolute Gasteiger partial charge is 0.292 e. The minimum Gasteiger partial charge on any atom is -0.360 e. The molecule has 108 valence electrons. The molecule has 0 bridgehead atoms. The molecule has 1 aliphatic heterocycles. The lowest BCUT2D eigenvalue weighted by atomic mass is 10.2. The van der Waals surface area contributed by atoms with Crippen LogP contribution in [0.15, 0.2) is 24.3 Å². The van der Waals surface area contributed by atoms with E-state index < -0.39 is 4.92 Å². The number of carbonyl (C=O) groups excluding carboxylic acids is 1. The number of benzene rings is 1. The highest BCUT2D eigenvalue weighted by molar-refractivity contribution is 5.82. The van der Waals surface area contributed by atoms with Crippen LogP contribution in [0.25, 0.3) is 0 Å². The molecule has 0 aromatic heterocycles. The van der Waals surface area contributed by atoms with Crippen LogP contribution < -0.4 is 10.2 Å². The minimum absolute atomic E-state index is 0.00727. The van der Waals surface area contributed by atoms with Crippen molar-refractivity contribution < 1.29 is 9.72 Å². The van der Waals surface area contributed by atoms with E-state index in [4.69, 9.17) is 0 Å². The Kier molecular flexibility index (Phi) is 4.52. The number of nitro benzene ring substituents is 1. The van der Waals surface area contributed by atoms with E-state index in [1.165, 1.54) is 6.07 Å². The van der Waals surface area contributed by atoms with E-state index in [0.717, 1.165) is 13.1 Å². The Morgan fingerprint density at radius 1 is 1.40 bits per heavy atom. The molecule has 1 amide bonds. The van der Waals surface area contributed by atoms with Crippen LogP contribution in [0.2, 0.25) is 0 Å². The number of rotatable bonds is 4. The summed E-state index contributed by atoms with van der Waals surface area (Å²) in [5, 5.41) is 14.2. The largest absolute Gasteiger partial charge is 0.360 e. The van der Waals surface area contributed by atoms with Gasteiger partial charge in [0.15, 0.2) is 0 Å². The molecule has 1 aliphatic rings. The average molecular weight is 278 g/mol.